The number of ether oxygens (including phenoxy) is 1. The maximum Gasteiger partial charge on any atom is 0.119 e. The third kappa shape index (κ3) is 4.92. The largest absolute Gasteiger partial charge is 0.361 e. The van der Waals surface area contributed by atoms with Gasteiger partial charge in [0.1, 0.15) is 6.10 Å². The monoisotopic (exact) mass is 220 g/mol. The predicted octanol–water partition coefficient (Wildman–Crippen LogP) is 2.96. The van der Waals surface area contributed by atoms with Crippen molar-refractivity contribution in [2.45, 2.75) is 19.1 Å². The van der Waals surface area contributed by atoms with Crippen molar-refractivity contribution in [3.8, 4) is 12.3 Å². The zero-order valence-corrected chi connectivity index (χ0v) is 9.80. The van der Waals surface area contributed by atoms with E-state index in [4.69, 9.17) is 11.2 Å². The van der Waals surface area contributed by atoms with Crippen LogP contribution in [-0.4, -0.2) is 18.1 Å². The maximum atomic E-state index is 5.63. The molecule has 80 valence electrons. The van der Waals surface area contributed by atoms with Crippen LogP contribution in [0, 0.1) is 12.3 Å². The first-order chi connectivity index (χ1) is 7.36. The Hall–Kier alpha value is -0.910. The van der Waals surface area contributed by atoms with E-state index in [9.17, 15) is 0 Å². The Kier molecular flexibility index (Phi) is 5.99. The number of benzene rings is 1. The fourth-order valence-electron chi connectivity index (χ4n) is 1.21. The Morgan fingerprint density at radius 1 is 1.40 bits per heavy atom. The SMILES string of the molecule is C#CC(CCSC)OCc1ccccc1. The number of thioether (sulfide) groups is 1. The molecule has 0 fully saturated rings. The fourth-order valence-corrected chi connectivity index (χ4v) is 1.66. The summed E-state index contributed by atoms with van der Waals surface area (Å²) in [6, 6.07) is 10.1. The lowest BCUT2D eigenvalue weighted by Crippen LogP contribution is -2.11. The highest BCUT2D eigenvalue weighted by molar-refractivity contribution is 7.98. The van der Waals surface area contributed by atoms with Gasteiger partial charge in [0.05, 0.1) is 6.61 Å². The summed E-state index contributed by atoms with van der Waals surface area (Å²) >= 11 is 1.79. The summed E-state index contributed by atoms with van der Waals surface area (Å²) in [5, 5.41) is 0. The zero-order valence-electron chi connectivity index (χ0n) is 8.98. The normalized spacial score (nSPS) is 12.0. The van der Waals surface area contributed by atoms with Crippen LogP contribution >= 0.6 is 11.8 Å². The van der Waals surface area contributed by atoms with Crippen molar-refractivity contribution < 1.29 is 4.74 Å². The molecule has 0 bridgehead atoms. The molecule has 15 heavy (non-hydrogen) atoms. The van der Waals surface area contributed by atoms with Gasteiger partial charge in [-0.05, 0) is 24.0 Å². The van der Waals surface area contributed by atoms with Gasteiger partial charge in [-0.3, -0.25) is 0 Å². The standard InChI is InChI=1S/C13H16OS/c1-3-13(9-10-15-2)14-11-12-7-5-4-6-8-12/h1,4-8,13H,9-11H2,2H3. The number of rotatable bonds is 6. The molecular formula is C13H16OS. The summed E-state index contributed by atoms with van der Waals surface area (Å²) in [7, 11) is 0. The second-order valence-corrected chi connectivity index (χ2v) is 4.22. The topological polar surface area (TPSA) is 9.23 Å². The molecule has 1 rings (SSSR count). The van der Waals surface area contributed by atoms with Gasteiger partial charge in [0, 0.05) is 0 Å². The number of hydrogen-bond acceptors (Lipinski definition) is 2. The van der Waals surface area contributed by atoms with Crippen LogP contribution in [-0.2, 0) is 11.3 Å². The molecule has 0 spiro atoms. The minimum absolute atomic E-state index is 0.0577. The van der Waals surface area contributed by atoms with Gasteiger partial charge in [-0.2, -0.15) is 11.8 Å². The van der Waals surface area contributed by atoms with Gasteiger partial charge in [-0.25, -0.2) is 0 Å². The van der Waals surface area contributed by atoms with Crippen LogP contribution in [0.15, 0.2) is 30.3 Å². The third-order valence-electron chi connectivity index (χ3n) is 2.06. The van der Waals surface area contributed by atoms with Crippen molar-refractivity contribution in [3.05, 3.63) is 35.9 Å². The maximum absolute atomic E-state index is 5.63. The molecule has 0 aliphatic heterocycles. The van der Waals surface area contributed by atoms with E-state index < -0.39 is 0 Å². The van der Waals surface area contributed by atoms with E-state index in [0.717, 1.165) is 12.2 Å². The van der Waals surface area contributed by atoms with E-state index in [1.165, 1.54) is 5.56 Å². The first-order valence-corrected chi connectivity index (χ1v) is 6.36. The summed E-state index contributed by atoms with van der Waals surface area (Å²) in [5.74, 6) is 3.72. The molecule has 0 radical (unpaired) electrons. The zero-order chi connectivity index (χ0) is 10.9. The highest BCUT2D eigenvalue weighted by Gasteiger charge is 2.04. The lowest BCUT2D eigenvalue weighted by Gasteiger charge is -2.11. The third-order valence-corrected chi connectivity index (χ3v) is 2.71. The molecule has 2 heteroatoms. The van der Waals surface area contributed by atoms with Crippen LogP contribution < -0.4 is 0 Å². The quantitative estimate of drug-likeness (QED) is 0.682. The molecule has 1 aromatic carbocycles. The van der Waals surface area contributed by atoms with Gasteiger partial charge in [-0.15, -0.1) is 6.42 Å². The average molecular weight is 220 g/mol. The molecule has 0 saturated carbocycles. The van der Waals surface area contributed by atoms with Crippen molar-refractivity contribution in [1.82, 2.24) is 0 Å². The number of terminal acetylenes is 1. The van der Waals surface area contributed by atoms with Gasteiger partial charge < -0.3 is 4.74 Å². The van der Waals surface area contributed by atoms with Crippen molar-refractivity contribution in [1.29, 1.82) is 0 Å². The molecule has 1 nitrogen and oxygen atoms in total. The van der Waals surface area contributed by atoms with Crippen LogP contribution in [0.25, 0.3) is 0 Å². The smallest absolute Gasteiger partial charge is 0.119 e. The highest BCUT2D eigenvalue weighted by Crippen LogP contribution is 2.07. The first kappa shape index (κ1) is 12.2. The summed E-state index contributed by atoms with van der Waals surface area (Å²) < 4.78 is 5.63. The van der Waals surface area contributed by atoms with Crippen molar-refractivity contribution in [3.63, 3.8) is 0 Å². The Bertz CT molecular complexity index is 302. The lowest BCUT2D eigenvalue weighted by atomic mass is 10.2. The average Bonchev–Trinajstić information content (AvgIpc) is 2.31. The summed E-state index contributed by atoms with van der Waals surface area (Å²) in [4.78, 5) is 0. The fraction of sp³-hybridized carbons (Fsp3) is 0.385. The van der Waals surface area contributed by atoms with Crippen LogP contribution in [0.5, 0.6) is 0 Å². The second kappa shape index (κ2) is 7.39. The Balaban J connectivity index is 2.32. The molecule has 0 aliphatic carbocycles. The van der Waals surface area contributed by atoms with Crippen LogP contribution in [0.2, 0.25) is 0 Å². The van der Waals surface area contributed by atoms with Gasteiger partial charge in [0.25, 0.3) is 0 Å². The second-order valence-electron chi connectivity index (χ2n) is 3.23. The minimum atomic E-state index is -0.0577. The molecule has 1 unspecified atom stereocenters. The van der Waals surface area contributed by atoms with Crippen molar-refractivity contribution >= 4 is 11.8 Å². The van der Waals surface area contributed by atoms with E-state index in [1.54, 1.807) is 11.8 Å². The summed E-state index contributed by atoms with van der Waals surface area (Å²) in [6.45, 7) is 0.601. The molecule has 0 amide bonds. The minimum Gasteiger partial charge on any atom is -0.361 e. The van der Waals surface area contributed by atoms with E-state index in [0.29, 0.717) is 6.61 Å². The highest BCUT2D eigenvalue weighted by atomic mass is 32.2. The van der Waals surface area contributed by atoms with E-state index >= 15 is 0 Å². The van der Waals surface area contributed by atoms with Crippen LogP contribution in [0.1, 0.15) is 12.0 Å². The molecule has 0 saturated heterocycles. The van der Waals surface area contributed by atoms with Gasteiger partial charge in [0.15, 0.2) is 0 Å². The molecule has 0 N–H and O–H groups in total. The molecule has 0 aromatic heterocycles. The summed E-state index contributed by atoms with van der Waals surface area (Å²) in [6.07, 6.45) is 8.33. The van der Waals surface area contributed by atoms with Gasteiger partial charge in [-0.1, -0.05) is 36.3 Å². The van der Waals surface area contributed by atoms with E-state index in [-0.39, 0.29) is 6.10 Å². The van der Waals surface area contributed by atoms with Crippen LogP contribution in [0.3, 0.4) is 0 Å². The molecular weight excluding hydrogens is 204 g/mol. The van der Waals surface area contributed by atoms with Crippen molar-refractivity contribution in [2.75, 3.05) is 12.0 Å². The first-order valence-electron chi connectivity index (χ1n) is 4.97. The van der Waals surface area contributed by atoms with Crippen LogP contribution in [0.4, 0.5) is 0 Å². The van der Waals surface area contributed by atoms with E-state index in [1.807, 2.05) is 30.3 Å². The van der Waals surface area contributed by atoms with Crippen molar-refractivity contribution in [2.24, 2.45) is 0 Å². The molecule has 1 atom stereocenters. The van der Waals surface area contributed by atoms with Gasteiger partial charge in [0.2, 0.25) is 0 Å². The Labute approximate surface area is 96.2 Å². The molecule has 1 aromatic rings. The Morgan fingerprint density at radius 3 is 2.73 bits per heavy atom. The van der Waals surface area contributed by atoms with Gasteiger partial charge >= 0.3 is 0 Å². The van der Waals surface area contributed by atoms with E-state index in [2.05, 4.69) is 12.2 Å². The molecule has 0 aliphatic rings. The summed E-state index contributed by atoms with van der Waals surface area (Å²) in [5.41, 5.74) is 1.17. The Morgan fingerprint density at radius 2 is 2.13 bits per heavy atom. The predicted molar refractivity (Wildman–Crippen MR) is 66.9 cm³/mol. The molecule has 0 heterocycles. The number of hydrogen-bond donors (Lipinski definition) is 0. The lowest BCUT2D eigenvalue weighted by molar-refractivity contribution is 0.0767.